The van der Waals surface area contributed by atoms with Gasteiger partial charge >= 0.3 is 5.97 Å². The van der Waals surface area contributed by atoms with Gasteiger partial charge in [0, 0.05) is 0 Å². The molecule has 0 aromatic heterocycles. The Morgan fingerprint density at radius 2 is 2.00 bits per heavy atom. The zero-order valence-electron chi connectivity index (χ0n) is 9.76. The van der Waals surface area contributed by atoms with E-state index < -0.39 is 27.3 Å². The summed E-state index contributed by atoms with van der Waals surface area (Å²) in [5.41, 5.74) is 0. The summed E-state index contributed by atoms with van der Waals surface area (Å²) in [5.74, 6) is -1.16. The van der Waals surface area contributed by atoms with E-state index in [2.05, 4.69) is 11.3 Å². The van der Waals surface area contributed by atoms with Crippen LogP contribution in [-0.2, 0) is 14.8 Å². The highest BCUT2D eigenvalue weighted by Gasteiger charge is 2.31. The first-order valence-corrected chi connectivity index (χ1v) is 7.37. The minimum Gasteiger partial charge on any atom is -0.480 e. The highest BCUT2D eigenvalue weighted by Crippen LogP contribution is 2.23. The molecule has 1 atom stereocenters. The van der Waals surface area contributed by atoms with Crippen LogP contribution in [0.1, 0.15) is 38.5 Å². The molecule has 1 unspecified atom stereocenters. The smallest absolute Gasteiger partial charge is 0.322 e. The lowest BCUT2D eigenvalue weighted by Crippen LogP contribution is -2.45. The molecule has 6 heteroatoms. The van der Waals surface area contributed by atoms with Crippen LogP contribution in [-0.4, -0.2) is 30.8 Å². The summed E-state index contributed by atoms with van der Waals surface area (Å²) >= 11 is 0. The van der Waals surface area contributed by atoms with Crippen molar-refractivity contribution >= 4 is 16.0 Å². The first kappa shape index (κ1) is 14.2. The fourth-order valence-corrected chi connectivity index (χ4v) is 3.78. The molecule has 1 aliphatic carbocycles. The number of carbonyl (C=O) groups is 1. The van der Waals surface area contributed by atoms with Crippen LogP contribution in [0, 0.1) is 0 Å². The average molecular weight is 261 g/mol. The van der Waals surface area contributed by atoms with Gasteiger partial charge in [-0.05, 0) is 19.3 Å². The molecule has 17 heavy (non-hydrogen) atoms. The maximum absolute atomic E-state index is 12.0. The molecule has 0 spiro atoms. The molecule has 0 aromatic carbocycles. The quantitative estimate of drug-likeness (QED) is 0.705. The number of rotatable bonds is 6. The zero-order chi connectivity index (χ0) is 12.9. The summed E-state index contributed by atoms with van der Waals surface area (Å²) in [4.78, 5) is 10.9. The molecule has 0 amide bonds. The van der Waals surface area contributed by atoms with Crippen LogP contribution in [0.4, 0.5) is 0 Å². The van der Waals surface area contributed by atoms with Crippen molar-refractivity contribution in [2.24, 2.45) is 0 Å². The highest BCUT2D eigenvalue weighted by molar-refractivity contribution is 7.90. The van der Waals surface area contributed by atoms with E-state index in [0.29, 0.717) is 12.8 Å². The molecule has 0 bridgehead atoms. The fraction of sp³-hybridized carbons (Fsp3) is 0.727. The molecule has 0 aromatic rings. The standard InChI is InChI=1S/C11H19NO4S/c1-2-6-10(11(13)14)12-17(15,16)9-7-4-3-5-8-9/h2,9-10,12H,1,3-8H2,(H,13,14). The van der Waals surface area contributed by atoms with Gasteiger partial charge in [0.25, 0.3) is 0 Å². The monoisotopic (exact) mass is 261 g/mol. The summed E-state index contributed by atoms with van der Waals surface area (Å²) < 4.78 is 26.2. The van der Waals surface area contributed by atoms with E-state index in [0.717, 1.165) is 19.3 Å². The van der Waals surface area contributed by atoms with E-state index >= 15 is 0 Å². The number of carboxylic acids is 1. The molecule has 1 aliphatic rings. The Kier molecular flexibility index (Phi) is 5.14. The highest BCUT2D eigenvalue weighted by atomic mass is 32.2. The SMILES string of the molecule is C=CCC(NS(=O)(=O)C1CCCCC1)C(=O)O. The van der Waals surface area contributed by atoms with Gasteiger partial charge in [0.2, 0.25) is 10.0 Å². The Morgan fingerprint density at radius 3 is 2.47 bits per heavy atom. The first-order valence-electron chi connectivity index (χ1n) is 5.82. The van der Waals surface area contributed by atoms with Gasteiger partial charge < -0.3 is 5.11 Å². The molecule has 0 radical (unpaired) electrons. The number of sulfonamides is 1. The van der Waals surface area contributed by atoms with E-state index in [9.17, 15) is 13.2 Å². The van der Waals surface area contributed by atoms with Crippen molar-refractivity contribution in [1.82, 2.24) is 4.72 Å². The molecule has 1 saturated carbocycles. The topological polar surface area (TPSA) is 83.5 Å². The van der Waals surface area contributed by atoms with Crippen LogP contribution >= 0.6 is 0 Å². The van der Waals surface area contributed by atoms with Gasteiger partial charge in [0.1, 0.15) is 6.04 Å². The number of nitrogens with one attached hydrogen (secondary N) is 1. The van der Waals surface area contributed by atoms with E-state index in [4.69, 9.17) is 5.11 Å². The molecule has 98 valence electrons. The van der Waals surface area contributed by atoms with Crippen LogP contribution in [0.2, 0.25) is 0 Å². The van der Waals surface area contributed by atoms with Crippen LogP contribution in [0.3, 0.4) is 0 Å². The van der Waals surface area contributed by atoms with Gasteiger partial charge in [-0.3, -0.25) is 4.79 Å². The van der Waals surface area contributed by atoms with Crippen molar-refractivity contribution in [1.29, 1.82) is 0 Å². The fourth-order valence-electron chi connectivity index (χ4n) is 2.04. The number of hydrogen-bond acceptors (Lipinski definition) is 3. The maximum Gasteiger partial charge on any atom is 0.322 e. The molecule has 5 nitrogen and oxygen atoms in total. The minimum atomic E-state index is -3.53. The number of aliphatic carboxylic acids is 1. The van der Waals surface area contributed by atoms with Gasteiger partial charge in [-0.1, -0.05) is 25.3 Å². The van der Waals surface area contributed by atoms with Crippen molar-refractivity contribution in [2.75, 3.05) is 0 Å². The molecule has 0 heterocycles. The Balaban J connectivity index is 2.68. The van der Waals surface area contributed by atoms with Crippen molar-refractivity contribution in [3.63, 3.8) is 0 Å². The van der Waals surface area contributed by atoms with Gasteiger partial charge in [0.05, 0.1) is 5.25 Å². The first-order chi connectivity index (χ1) is 7.97. The zero-order valence-corrected chi connectivity index (χ0v) is 10.6. The van der Waals surface area contributed by atoms with E-state index in [1.165, 1.54) is 6.08 Å². The van der Waals surface area contributed by atoms with Gasteiger partial charge in [-0.2, -0.15) is 0 Å². The van der Waals surface area contributed by atoms with Crippen LogP contribution < -0.4 is 4.72 Å². The lowest BCUT2D eigenvalue weighted by Gasteiger charge is -2.23. The van der Waals surface area contributed by atoms with Crippen LogP contribution in [0.15, 0.2) is 12.7 Å². The summed E-state index contributed by atoms with van der Waals surface area (Å²) in [5, 5.41) is 8.45. The summed E-state index contributed by atoms with van der Waals surface area (Å²) in [6, 6.07) is -1.10. The van der Waals surface area contributed by atoms with Crippen molar-refractivity contribution < 1.29 is 18.3 Å². The second-order valence-corrected chi connectivity index (χ2v) is 6.33. The Labute approximate surface area is 102 Å². The van der Waals surface area contributed by atoms with Crippen LogP contribution in [0.5, 0.6) is 0 Å². The second kappa shape index (κ2) is 6.16. The van der Waals surface area contributed by atoms with Gasteiger partial charge in [-0.15, -0.1) is 6.58 Å². The lowest BCUT2D eigenvalue weighted by molar-refractivity contribution is -0.138. The third kappa shape index (κ3) is 4.12. The molecule has 1 fully saturated rings. The normalized spacial score (nSPS) is 19.8. The van der Waals surface area contributed by atoms with Gasteiger partial charge in [0.15, 0.2) is 0 Å². The maximum atomic E-state index is 12.0. The van der Waals surface area contributed by atoms with E-state index in [1.807, 2.05) is 0 Å². The van der Waals surface area contributed by atoms with Crippen molar-refractivity contribution in [2.45, 2.75) is 49.8 Å². The number of hydrogen-bond donors (Lipinski definition) is 2. The third-order valence-corrected chi connectivity index (χ3v) is 4.96. The predicted octanol–water partition coefficient (Wildman–Crippen LogP) is 1.27. The summed E-state index contributed by atoms with van der Waals surface area (Å²) in [6.45, 7) is 3.43. The van der Waals surface area contributed by atoms with E-state index in [1.54, 1.807) is 0 Å². The predicted molar refractivity (Wildman–Crippen MR) is 65.2 cm³/mol. The molecular formula is C11H19NO4S. The lowest BCUT2D eigenvalue weighted by atomic mass is 10.0. The molecule has 2 N–H and O–H groups in total. The van der Waals surface area contributed by atoms with Crippen LogP contribution in [0.25, 0.3) is 0 Å². The molecular weight excluding hydrogens is 242 g/mol. The van der Waals surface area contributed by atoms with Crippen molar-refractivity contribution in [3.05, 3.63) is 12.7 Å². The number of carboxylic acid groups (broad SMARTS) is 1. The minimum absolute atomic E-state index is 0.0985. The largest absolute Gasteiger partial charge is 0.480 e. The Hall–Kier alpha value is -0.880. The Bertz CT molecular complexity index is 371. The van der Waals surface area contributed by atoms with Gasteiger partial charge in [-0.25, -0.2) is 13.1 Å². The third-order valence-electron chi connectivity index (χ3n) is 3.00. The average Bonchev–Trinajstić information content (AvgIpc) is 2.29. The molecule has 0 saturated heterocycles. The summed E-state index contributed by atoms with van der Waals surface area (Å²) in [6.07, 6.45) is 5.59. The summed E-state index contributed by atoms with van der Waals surface area (Å²) in [7, 11) is -3.53. The molecule has 0 aliphatic heterocycles. The van der Waals surface area contributed by atoms with Crippen molar-refractivity contribution in [3.8, 4) is 0 Å². The Morgan fingerprint density at radius 1 is 1.41 bits per heavy atom. The molecule has 1 rings (SSSR count). The second-order valence-electron chi connectivity index (χ2n) is 4.34. The van der Waals surface area contributed by atoms with E-state index in [-0.39, 0.29) is 6.42 Å².